The second-order valence-corrected chi connectivity index (χ2v) is 18.4. The third-order valence-electron chi connectivity index (χ3n) is 15.7. The van der Waals surface area contributed by atoms with Crippen molar-refractivity contribution in [2.75, 3.05) is 65.4 Å². The lowest BCUT2D eigenvalue weighted by molar-refractivity contribution is -0.203. The van der Waals surface area contributed by atoms with E-state index < -0.39 is 51.5 Å². The Morgan fingerprint density at radius 1 is 1.02 bits per heavy atom. The van der Waals surface area contributed by atoms with Crippen LogP contribution in [0.4, 0.5) is 5.69 Å². The Balaban J connectivity index is 1.35. The summed E-state index contributed by atoms with van der Waals surface area (Å²) in [7, 11) is 4.99. The summed E-state index contributed by atoms with van der Waals surface area (Å²) in [5.74, 6) is -0.564. The SMILES string of the molecule is CCCNC(=O)[C@]1(O)[C@@H]2N(C)c3cc(OC)c([C@]4(C(=O)OC)CC5CN(CCc6c4[nH]c4ccccc64)C[C@](O)(CC)C5)cc3C23CCN2CC=C[C@](CC)([C@H]23)[C@H]1O. The van der Waals surface area contributed by atoms with Crippen LogP contribution >= 0.6 is 0 Å². The molecule has 1 aliphatic carbocycles. The number of H-pyrrole nitrogens is 1. The molecule has 3 aromatic rings. The average Bonchev–Trinajstić information content (AvgIpc) is 3.89. The quantitative estimate of drug-likeness (QED) is 0.169. The molecule has 1 aromatic heterocycles. The maximum Gasteiger partial charge on any atom is 0.322 e. The molecule has 6 heterocycles. The first-order valence-corrected chi connectivity index (χ1v) is 21.5. The van der Waals surface area contributed by atoms with Crippen molar-refractivity contribution in [2.45, 2.75) is 106 Å². The fraction of sp³-hybridized carbons (Fsp3) is 0.609. The van der Waals surface area contributed by atoms with Gasteiger partial charge in [0.05, 0.1) is 25.9 Å². The van der Waals surface area contributed by atoms with Gasteiger partial charge in [-0.2, -0.15) is 0 Å². The van der Waals surface area contributed by atoms with Crippen molar-refractivity contribution in [1.82, 2.24) is 20.1 Å². The molecule has 3 unspecified atom stereocenters. The van der Waals surface area contributed by atoms with Crippen LogP contribution in [0.1, 0.15) is 81.7 Å². The van der Waals surface area contributed by atoms with Crippen LogP contribution in [-0.4, -0.2) is 132 Å². The Morgan fingerprint density at radius 3 is 2.53 bits per heavy atom. The predicted octanol–water partition coefficient (Wildman–Crippen LogP) is 3.77. The van der Waals surface area contributed by atoms with E-state index in [9.17, 15) is 20.1 Å². The molecule has 2 aromatic carbocycles. The van der Waals surface area contributed by atoms with Crippen molar-refractivity contribution in [3.8, 4) is 5.75 Å². The summed E-state index contributed by atoms with van der Waals surface area (Å²) in [6.07, 6.45) is 6.74. The summed E-state index contributed by atoms with van der Waals surface area (Å²) in [6, 6.07) is 11.3. The summed E-state index contributed by atoms with van der Waals surface area (Å²) >= 11 is 0. The van der Waals surface area contributed by atoms with Crippen molar-refractivity contribution in [1.29, 1.82) is 0 Å². The molecule has 5 aliphatic heterocycles. The highest BCUT2D eigenvalue weighted by atomic mass is 16.5. The fourth-order valence-electron chi connectivity index (χ4n) is 13.4. The number of aliphatic hydroxyl groups excluding tert-OH is 1. The van der Waals surface area contributed by atoms with Crippen molar-refractivity contribution in [3.63, 3.8) is 0 Å². The lowest BCUT2D eigenvalue weighted by atomic mass is 9.47. The maximum absolute atomic E-state index is 15.3. The fourth-order valence-corrected chi connectivity index (χ4v) is 13.4. The number of likely N-dealkylation sites (N-methyl/N-ethyl adjacent to an activating group) is 1. The molecule has 1 amide bonds. The van der Waals surface area contributed by atoms with Crippen LogP contribution in [0.15, 0.2) is 48.6 Å². The molecular weight excluding hydrogens is 735 g/mol. The van der Waals surface area contributed by atoms with Crippen LogP contribution in [0.2, 0.25) is 0 Å². The van der Waals surface area contributed by atoms with E-state index in [0.29, 0.717) is 82.4 Å². The molecule has 312 valence electrons. The van der Waals surface area contributed by atoms with Gasteiger partial charge in [0.1, 0.15) is 17.3 Å². The van der Waals surface area contributed by atoms with E-state index in [1.54, 1.807) is 7.11 Å². The lowest BCUT2D eigenvalue weighted by Gasteiger charge is -2.63. The summed E-state index contributed by atoms with van der Waals surface area (Å²) in [4.78, 5) is 40.4. The van der Waals surface area contributed by atoms with Gasteiger partial charge in [0.15, 0.2) is 5.60 Å². The van der Waals surface area contributed by atoms with E-state index >= 15 is 4.79 Å². The zero-order chi connectivity index (χ0) is 41.0. The molecule has 9 rings (SSSR count). The summed E-state index contributed by atoms with van der Waals surface area (Å²) in [5, 5.41) is 41.8. The number of piperidine rings is 1. The first-order valence-electron chi connectivity index (χ1n) is 21.5. The zero-order valence-corrected chi connectivity index (χ0v) is 34.9. The maximum atomic E-state index is 15.3. The third-order valence-corrected chi connectivity index (χ3v) is 15.7. The number of anilines is 1. The van der Waals surface area contributed by atoms with Crippen LogP contribution in [-0.2, 0) is 31.6 Å². The number of rotatable bonds is 8. The van der Waals surface area contributed by atoms with E-state index in [0.717, 1.165) is 46.5 Å². The van der Waals surface area contributed by atoms with Gasteiger partial charge in [0.25, 0.3) is 5.91 Å². The van der Waals surface area contributed by atoms with Gasteiger partial charge < -0.3 is 40.0 Å². The number of ether oxygens (including phenoxy) is 2. The molecular formula is C46H61N5O7. The lowest BCUT2D eigenvalue weighted by Crippen LogP contribution is -2.81. The first-order chi connectivity index (χ1) is 27.8. The monoisotopic (exact) mass is 795 g/mol. The molecule has 1 saturated carbocycles. The number of methoxy groups -OCH3 is 2. The number of nitrogens with zero attached hydrogens (tertiary/aromatic N) is 3. The number of benzene rings is 2. The Bertz CT molecular complexity index is 2170. The minimum Gasteiger partial charge on any atom is -0.496 e. The van der Waals surface area contributed by atoms with Gasteiger partial charge in [-0.25, -0.2) is 0 Å². The van der Waals surface area contributed by atoms with Crippen molar-refractivity contribution in [2.24, 2.45) is 11.3 Å². The second-order valence-electron chi connectivity index (χ2n) is 18.4. The molecule has 0 radical (unpaired) electrons. The molecule has 6 aliphatic rings. The minimum absolute atomic E-state index is 0.0721. The van der Waals surface area contributed by atoms with Crippen molar-refractivity contribution >= 4 is 28.5 Å². The standard InChI is InChI=1S/C46H61N5O7/c1-7-18-47-40(53)46(56)38-44(17-21-51-19-12-16-43(9-3,37(44)51)39(46)52)31-22-32(35(57-5)23-34(31)49(38)4)45(41(54)58-6)25-28-24-42(55,8-2)27-50(26-28)20-15-30-29-13-10-11-14-33(29)48-36(30)45/h10-14,16,22-23,28,37-39,48,52,55-56H,7-9,15,17-21,24-27H2,1-6H3,(H,47,53)/t28?,37-,38+,39+,42-,43+,44?,45+,46-/m0/s1. The summed E-state index contributed by atoms with van der Waals surface area (Å²) < 4.78 is 12.3. The average molecular weight is 796 g/mol. The second kappa shape index (κ2) is 13.8. The van der Waals surface area contributed by atoms with Gasteiger partial charge in [-0.3, -0.25) is 19.4 Å². The summed E-state index contributed by atoms with van der Waals surface area (Å²) in [6.45, 7) is 9.85. The molecule has 3 fully saturated rings. The smallest absolute Gasteiger partial charge is 0.322 e. The Morgan fingerprint density at radius 2 is 1.81 bits per heavy atom. The van der Waals surface area contributed by atoms with E-state index in [-0.39, 0.29) is 12.0 Å². The van der Waals surface area contributed by atoms with Crippen LogP contribution in [0.3, 0.4) is 0 Å². The molecule has 2 saturated heterocycles. The highest BCUT2D eigenvalue weighted by Crippen LogP contribution is 2.67. The zero-order valence-electron chi connectivity index (χ0n) is 34.9. The number of carbonyl (C=O) groups is 2. The number of aromatic amines is 1. The highest BCUT2D eigenvalue weighted by Gasteiger charge is 2.78. The molecule has 1 spiro atoms. The van der Waals surface area contributed by atoms with E-state index in [4.69, 9.17) is 9.47 Å². The van der Waals surface area contributed by atoms with Crippen LogP contribution in [0.25, 0.3) is 10.9 Å². The van der Waals surface area contributed by atoms with Crippen LogP contribution in [0.5, 0.6) is 5.75 Å². The largest absolute Gasteiger partial charge is 0.496 e. The number of hydrogen-bond acceptors (Lipinski definition) is 10. The normalized spacial score (nSPS) is 37.5. The van der Waals surface area contributed by atoms with Gasteiger partial charge in [-0.15, -0.1) is 0 Å². The van der Waals surface area contributed by atoms with Crippen LogP contribution in [0, 0.1) is 11.3 Å². The number of amides is 1. The molecule has 5 N–H and O–H groups in total. The predicted molar refractivity (Wildman–Crippen MR) is 222 cm³/mol. The molecule has 10 atom stereocenters. The number of nitrogens with one attached hydrogen (secondary N) is 2. The van der Waals surface area contributed by atoms with Gasteiger partial charge in [-0.1, -0.05) is 51.1 Å². The molecule has 58 heavy (non-hydrogen) atoms. The molecule has 12 heteroatoms. The number of aliphatic hydroxyl groups is 3. The van der Waals surface area contributed by atoms with Crippen LogP contribution < -0.4 is 15.0 Å². The van der Waals surface area contributed by atoms with Gasteiger partial charge in [0.2, 0.25) is 0 Å². The van der Waals surface area contributed by atoms with Gasteiger partial charge in [0, 0.05) is 90.6 Å². The Kier molecular flexibility index (Phi) is 9.41. The highest BCUT2D eigenvalue weighted by molar-refractivity contribution is 5.95. The number of esters is 1. The molecule has 12 nitrogen and oxygen atoms in total. The number of carbonyl (C=O) groups excluding carboxylic acids is 2. The van der Waals surface area contributed by atoms with E-state index in [1.807, 2.05) is 50.9 Å². The van der Waals surface area contributed by atoms with Gasteiger partial charge in [-0.05, 0) is 80.7 Å². The summed E-state index contributed by atoms with van der Waals surface area (Å²) in [5.41, 5.74) is -1.10. The number of aromatic nitrogens is 1. The van der Waals surface area contributed by atoms with E-state index in [2.05, 4.69) is 50.5 Å². The number of para-hydroxylation sites is 1. The number of hydrogen-bond donors (Lipinski definition) is 5. The third kappa shape index (κ3) is 5.04. The first kappa shape index (κ1) is 39.5. The Hall–Kier alpha value is -3.94. The number of fused-ring (bicyclic) bond motifs is 6. The van der Waals surface area contributed by atoms with Gasteiger partial charge >= 0.3 is 5.97 Å². The molecule has 2 bridgehead atoms. The topological polar surface area (TPSA) is 151 Å². The van der Waals surface area contributed by atoms with Crippen molar-refractivity contribution < 1.29 is 34.4 Å². The van der Waals surface area contributed by atoms with E-state index in [1.165, 1.54) is 7.11 Å². The minimum atomic E-state index is -2.18. The van der Waals surface area contributed by atoms with Crippen molar-refractivity contribution in [3.05, 3.63) is 70.9 Å². The Labute approximate surface area is 341 Å².